The smallest absolute Gasteiger partial charge is 0.0643 e. The summed E-state index contributed by atoms with van der Waals surface area (Å²) < 4.78 is 0. The zero-order valence-corrected chi connectivity index (χ0v) is 12.8. The number of aryl methyl sites for hydroxylation is 1. The Morgan fingerprint density at radius 3 is 2.63 bits per heavy atom. The van der Waals surface area contributed by atoms with E-state index in [0.29, 0.717) is 5.54 Å². The van der Waals surface area contributed by atoms with Gasteiger partial charge in [-0.05, 0) is 37.5 Å². The first kappa shape index (κ1) is 13.5. The van der Waals surface area contributed by atoms with Gasteiger partial charge in [0.25, 0.3) is 0 Å². The van der Waals surface area contributed by atoms with Crippen LogP contribution in [-0.4, -0.2) is 25.2 Å². The molecule has 1 saturated carbocycles. The molecule has 0 radical (unpaired) electrons. The number of anilines is 1. The number of hydrogen-bond donors (Lipinski definition) is 1. The predicted molar refractivity (Wildman–Crippen MR) is 82.6 cm³/mol. The zero-order valence-electron chi connectivity index (χ0n) is 11.3. The number of nitrogens with zero attached hydrogens (tertiary/aromatic N) is 1. The molecule has 19 heavy (non-hydrogen) atoms. The van der Waals surface area contributed by atoms with Gasteiger partial charge in [-0.1, -0.05) is 36.0 Å². The summed E-state index contributed by atoms with van der Waals surface area (Å²) in [5, 5.41) is 5.34. The van der Waals surface area contributed by atoms with Crippen molar-refractivity contribution in [2.45, 2.75) is 38.1 Å². The van der Waals surface area contributed by atoms with E-state index in [4.69, 9.17) is 23.2 Å². The average Bonchev–Trinajstić information content (AvgIpc) is 2.82. The molecule has 0 unspecified atom stereocenters. The Morgan fingerprint density at radius 1 is 1.16 bits per heavy atom. The van der Waals surface area contributed by atoms with Crippen molar-refractivity contribution in [2.75, 3.05) is 24.5 Å². The van der Waals surface area contributed by atoms with Crippen LogP contribution in [0.5, 0.6) is 0 Å². The number of piperazine rings is 1. The Morgan fingerprint density at radius 2 is 1.89 bits per heavy atom. The molecular formula is C15H20Cl2N2. The standard InChI is InChI=1S/C15H20Cl2N2/c1-11-8-13(17)14(9-12(11)16)19-7-6-18-15(10-19)4-2-3-5-15/h8-9,18H,2-7,10H2,1H3. The van der Waals surface area contributed by atoms with E-state index in [0.717, 1.165) is 40.9 Å². The van der Waals surface area contributed by atoms with Crippen LogP contribution in [-0.2, 0) is 0 Å². The molecule has 3 rings (SSSR count). The molecule has 1 aromatic carbocycles. The van der Waals surface area contributed by atoms with Crippen LogP contribution in [0.2, 0.25) is 10.0 Å². The summed E-state index contributed by atoms with van der Waals surface area (Å²) in [6.07, 6.45) is 5.23. The molecule has 2 nitrogen and oxygen atoms in total. The lowest BCUT2D eigenvalue weighted by molar-refractivity contribution is 0.304. The third kappa shape index (κ3) is 2.58. The lowest BCUT2D eigenvalue weighted by Gasteiger charge is -2.43. The van der Waals surface area contributed by atoms with Gasteiger partial charge < -0.3 is 10.2 Å². The lowest BCUT2D eigenvalue weighted by atomic mass is 9.94. The maximum absolute atomic E-state index is 6.41. The van der Waals surface area contributed by atoms with Crippen molar-refractivity contribution in [3.05, 3.63) is 27.7 Å². The topological polar surface area (TPSA) is 15.3 Å². The molecule has 1 saturated heterocycles. The molecule has 1 spiro atoms. The molecular weight excluding hydrogens is 279 g/mol. The molecule has 2 aliphatic rings. The van der Waals surface area contributed by atoms with Crippen LogP contribution in [0.3, 0.4) is 0 Å². The zero-order chi connectivity index (χ0) is 13.5. The molecule has 4 heteroatoms. The Kier molecular flexibility index (Phi) is 3.67. The summed E-state index contributed by atoms with van der Waals surface area (Å²) in [5.74, 6) is 0. The van der Waals surface area contributed by atoms with E-state index in [9.17, 15) is 0 Å². The molecule has 0 aromatic heterocycles. The van der Waals surface area contributed by atoms with Crippen LogP contribution in [0.15, 0.2) is 12.1 Å². The minimum absolute atomic E-state index is 0.305. The first-order valence-electron chi connectivity index (χ1n) is 7.05. The van der Waals surface area contributed by atoms with E-state index < -0.39 is 0 Å². The van der Waals surface area contributed by atoms with E-state index in [-0.39, 0.29) is 0 Å². The van der Waals surface area contributed by atoms with Crippen molar-refractivity contribution < 1.29 is 0 Å². The maximum atomic E-state index is 6.41. The second-order valence-electron chi connectivity index (χ2n) is 5.89. The van der Waals surface area contributed by atoms with Gasteiger partial charge in [-0.2, -0.15) is 0 Å². The Hall–Kier alpha value is -0.440. The summed E-state index contributed by atoms with van der Waals surface area (Å²) >= 11 is 12.7. The monoisotopic (exact) mass is 298 g/mol. The number of hydrogen-bond acceptors (Lipinski definition) is 2. The molecule has 1 aliphatic heterocycles. The van der Waals surface area contributed by atoms with Crippen molar-refractivity contribution >= 4 is 28.9 Å². The maximum Gasteiger partial charge on any atom is 0.0643 e. The van der Waals surface area contributed by atoms with Gasteiger partial charge in [0.05, 0.1) is 10.7 Å². The molecule has 2 fully saturated rings. The fraction of sp³-hybridized carbons (Fsp3) is 0.600. The number of rotatable bonds is 1. The highest BCUT2D eigenvalue weighted by molar-refractivity contribution is 6.35. The molecule has 0 bridgehead atoms. The van der Waals surface area contributed by atoms with Crippen LogP contribution in [0.25, 0.3) is 0 Å². The van der Waals surface area contributed by atoms with Crippen molar-refractivity contribution in [2.24, 2.45) is 0 Å². The molecule has 0 amide bonds. The second-order valence-corrected chi connectivity index (χ2v) is 6.70. The summed E-state index contributed by atoms with van der Waals surface area (Å²) in [5.41, 5.74) is 2.44. The van der Waals surface area contributed by atoms with E-state index in [1.165, 1.54) is 25.7 Å². The van der Waals surface area contributed by atoms with E-state index in [2.05, 4.69) is 10.2 Å². The van der Waals surface area contributed by atoms with Crippen LogP contribution >= 0.6 is 23.2 Å². The first-order chi connectivity index (χ1) is 9.10. The summed E-state index contributed by atoms with van der Waals surface area (Å²) in [7, 11) is 0. The first-order valence-corrected chi connectivity index (χ1v) is 7.81. The molecule has 1 aromatic rings. The highest BCUT2D eigenvalue weighted by Gasteiger charge is 2.38. The quantitative estimate of drug-likeness (QED) is 0.842. The van der Waals surface area contributed by atoms with Crippen molar-refractivity contribution in [1.82, 2.24) is 5.32 Å². The molecule has 0 atom stereocenters. The fourth-order valence-corrected chi connectivity index (χ4v) is 3.92. The average molecular weight is 299 g/mol. The Balaban J connectivity index is 1.87. The third-order valence-corrected chi connectivity index (χ3v) is 5.21. The molecule has 1 aliphatic carbocycles. The van der Waals surface area contributed by atoms with Gasteiger partial charge in [-0.3, -0.25) is 0 Å². The van der Waals surface area contributed by atoms with Crippen LogP contribution < -0.4 is 10.2 Å². The van der Waals surface area contributed by atoms with Crippen molar-refractivity contribution in [3.8, 4) is 0 Å². The van der Waals surface area contributed by atoms with Crippen LogP contribution in [0.1, 0.15) is 31.2 Å². The van der Waals surface area contributed by atoms with E-state index >= 15 is 0 Å². The largest absolute Gasteiger partial charge is 0.367 e. The third-order valence-electron chi connectivity index (χ3n) is 4.50. The van der Waals surface area contributed by atoms with Gasteiger partial charge >= 0.3 is 0 Å². The van der Waals surface area contributed by atoms with Gasteiger partial charge in [-0.25, -0.2) is 0 Å². The highest BCUT2D eigenvalue weighted by Crippen LogP contribution is 2.37. The minimum atomic E-state index is 0.305. The Labute approximate surface area is 125 Å². The molecule has 104 valence electrons. The van der Waals surface area contributed by atoms with Crippen LogP contribution in [0.4, 0.5) is 5.69 Å². The van der Waals surface area contributed by atoms with E-state index in [1.807, 2.05) is 19.1 Å². The van der Waals surface area contributed by atoms with Gasteiger partial charge in [0.1, 0.15) is 0 Å². The van der Waals surface area contributed by atoms with Crippen molar-refractivity contribution in [3.63, 3.8) is 0 Å². The SMILES string of the molecule is Cc1cc(Cl)c(N2CCNC3(CCCC3)C2)cc1Cl. The predicted octanol–water partition coefficient (Wildman–Crippen LogP) is 4.02. The number of nitrogens with one attached hydrogen (secondary N) is 1. The normalized spacial score (nSPS) is 22.2. The lowest BCUT2D eigenvalue weighted by Crippen LogP contribution is -2.59. The minimum Gasteiger partial charge on any atom is -0.367 e. The second kappa shape index (κ2) is 5.16. The van der Waals surface area contributed by atoms with Gasteiger partial charge in [0.2, 0.25) is 0 Å². The van der Waals surface area contributed by atoms with Crippen molar-refractivity contribution in [1.29, 1.82) is 0 Å². The number of benzene rings is 1. The van der Waals surface area contributed by atoms with Gasteiger partial charge in [-0.15, -0.1) is 0 Å². The fourth-order valence-electron chi connectivity index (χ4n) is 3.43. The molecule has 1 N–H and O–H groups in total. The number of halogens is 2. The Bertz CT molecular complexity index is 481. The summed E-state index contributed by atoms with van der Waals surface area (Å²) in [4.78, 5) is 2.40. The summed E-state index contributed by atoms with van der Waals surface area (Å²) in [6, 6.07) is 4.00. The van der Waals surface area contributed by atoms with Gasteiger partial charge in [0.15, 0.2) is 0 Å². The highest BCUT2D eigenvalue weighted by atomic mass is 35.5. The summed E-state index contributed by atoms with van der Waals surface area (Å²) in [6.45, 7) is 5.07. The van der Waals surface area contributed by atoms with Crippen LogP contribution in [0, 0.1) is 6.92 Å². The molecule has 1 heterocycles. The van der Waals surface area contributed by atoms with Gasteiger partial charge in [0, 0.05) is 30.2 Å². The van der Waals surface area contributed by atoms with E-state index in [1.54, 1.807) is 0 Å².